The lowest BCUT2D eigenvalue weighted by Gasteiger charge is -2.10. The second kappa shape index (κ2) is 6.39. The summed E-state index contributed by atoms with van der Waals surface area (Å²) in [5, 5.41) is 16.1. The lowest BCUT2D eigenvalue weighted by molar-refractivity contribution is 0.0908. The van der Waals surface area contributed by atoms with E-state index in [1.54, 1.807) is 6.92 Å². The Labute approximate surface area is 101 Å². The number of nitrogens with one attached hydrogen (secondary N) is 1. The van der Waals surface area contributed by atoms with Crippen LogP contribution < -0.4 is 5.32 Å². The minimum atomic E-state index is -0.491. The number of hydrogen-bond donors (Lipinski definition) is 2. The highest BCUT2D eigenvalue weighted by molar-refractivity contribution is 5.96. The maximum Gasteiger partial charge on any atom is 0.256 e. The summed E-state index contributed by atoms with van der Waals surface area (Å²) in [5.41, 5.74) is 1.15. The van der Waals surface area contributed by atoms with Gasteiger partial charge in [0.2, 0.25) is 0 Å². The van der Waals surface area contributed by atoms with Crippen LogP contribution in [0, 0.1) is 6.92 Å². The van der Waals surface area contributed by atoms with Gasteiger partial charge in [-0.2, -0.15) is 0 Å². The van der Waals surface area contributed by atoms with Crippen LogP contribution in [-0.2, 0) is 6.42 Å². The van der Waals surface area contributed by atoms with E-state index in [0.29, 0.717) is 29.9 Å². The lowest BCUT2D eigenvalue weighted by Crippen LogP contribution is -2.32. The van der Waals surface area contributed by atoms with Gasteiger partial charge in [0, 0.05) is 6.54 Å². The van der Waals surface area contributed by atoms with Crippen molar-refractivity contribution in [1.82, 2.24) is 10.5 Å². The predicted molar refractivity (Wildman–Crippen MR) is 63.9 cm³/mol. The molecule has 0 bridgehead atoms. The number of amides is 1. The van der Waals surface area contributed by atoms with Crippen LogP contribution in [0.3, 0.4) is 0 Å². The number of carbonyl (C=O) groups excluding carboxylic acids is 1. The molecule has 1 rings (SSSR count). The largest absolute Gasteiger partial charge is 0.391 e. The van der Waals surface area contributed by atoms with Gasteiger partial charge in [-0.3, -0.25) is 4.79 Å². The Hall–Kier alpha value is -1.36. The quantitative estimate of drug-likeness (QED) is 0.789. The first-order chi connectivity index (χ1) is 8.10. The van der Waals surface area contributed by atoms with Crippen molar-refractivity contribution in [3.8, 4) is 0 Å². The van der Waals surface area contributed by atoms with E-state index in [-0.39, 0.29) is 12.5 Å². The summed E-state index contributed by atoms with van der Waals surface area (Å²) in [7, 11) is 0. The van der Waals surface area contributed by atoms with Crippen molar-refractivity contribution in [2.24, 2.45) is 0 Å². The van der Waals surface area contributed by atoms with E-state index in [0.717, 1.165) is 6.42 Å². The van der Waals surface area contributed by atoms with Crippen molar-refractivity contribution >= 4 is 5.91 Å². The molecule has 0 aliphatic rings. The average molecular weight is 240 g/mol. The van der Waals surface area contributed by atoms with Crippen LogP contribution in [0.1, 0.15) is 48.5 Å². The molecular formula is C12H20N2O3. The van der Waals surface area contributed by atoms with Crippen molar-refractivity contribution in [2.45, 2.75) is 46.1 Å². The molecule has 0 aliphatic carbocycles. The maximum absolute atomic E-state index is 11.9. The average Bonchev–Trinajstić information content (AvgIpc) is 2.68. The van der Waals surface area contributed by atoms with Gasteiger partial charge in [0.05, 0.1) is 11.8 Å². The highest BCUT2D eigenvalue weighted by Gasteiger charge is 2.19. The Balaban J connectivity index is 2.60. The summed E-state index contributed by atoms with van der Waals surface area (Å²) in [4.78, 5) is 11.9. The number of hydrogen-bond acceptors (Lipinski definition) is 4. The van der Waals surface area contributed by atoms with Gasteiger partial charge in [-0.25, -0.2) is 0 Å². The molecule has 96 valence electrons. The molecule has 1 aromatic heterocycles. The van der Waals surface area contributed by atoms with Crippen LogP contribution in [0.15, 0.2) is 4.52 Å². The summed E-state index contributed by atoms with van der Waals surface area (Å²) in [6.45, 7) is 5.88. The molecule has 1 heterocycles. The Kier molecular flexibility index (Phi) is 5.15. The molecule has 1 atom stereocenters. The van der Waals surface area contributed by atoms with E-state index >= 15 is 0 Å². The van der Waals surface area contributed by atoms with Crippen molar-refractivity contribution in [1.29, 1.82) is 0 Å². The molecule has 0 radical (unpaired) electrons. The molecular weight excluding hydrogens is 220 g/mol. The third kappa shape index (κ3) is 3.56. The number of rotatable bonds is 6. The number of nitrogens with zero attached hydrogens (tertiary/aromatic N) is 1. The number of aliphatic hydroxyl groups is 1. The maximum atomic E-state index is 11.9. The number of carbonyl (C=O) groups is 1. The van der Waals surface area contributed by atoms with Crippen LogP contribution in [0.2, 0.25) is 0 Å². The van der Waals surface area contributed by atoms with Gasteiger partial charge in [-0.05, 0) is 19.8 Å². The molecule has 5 heteroatoms. The highest BCUT2D eigenvalue weighted by Crippen LogP contribution is 2.13. The molecule has 5 nitrogen and oxygen atoms in total. The van der Waals surface area contributed by atoms with E-state index in [1.165, 1.54) is 0 Å². The molecule has 2 N–H and O–H groups in total. The first kappa shape index (κ1) is 13.7. The van der Waals surface area contributed by atoms with Gasteiger partial charge in [0.15, 0.2) is 0 Å². The zero-order valence-electron chi connectivity index (χ0n) is 10.6. The second-order valence-corrected chi connectivity index (χ2v) is 4.07. The first-order valence-corrected chi connectivity index (χ1v) is 6.01. The summed E-state index contributed by atoms with van der Waals surface area (Å²) in [5.74, 6) is 0.292. The summed E-state index contributed by atoms with van der Waals surface area (Å²) < 4.78 is 4.99. The normalized spacial score (nSPS) is 12.5. The van der Waals surface area contributed by atoms with E-state index in [1.807, 2.05) is 13.8 Å². The zero-order valence-corrected chi connectivity index (χ0v) is 10.6. The van der Waals surface area contributed by atoms with Gasteiger partial charge < -0.3 is 14.9 Å². The van der Waals surface area contributed by atoms with E-state index in [9.17, 15) is 9.90 Å². The van der Waals surface area contributed by atoms with Gasteiger partial charge in [0.25, 0.3) is 5.91 Å². The molecule has 0 saturated carbocycles. The molecule has 17 heavy (non-hydrogen) atoms. The zero-order chi connectivity index (χ0) is 12.8. The minimum Gasteiger partial charge on any atom is -0.391 e. The first-order valence-electron chi connectivity index (χ1n) is 6.01. The lowest BCUT2D eigenvalue weighted by atomic mass is 10.1. The van der Waals surface area contributed by atoms with Crippen LogP contribution in [-0.4, -0.2) is 28.8 Å². The molecule has 0 aliphatic heterocycles. The van der Waals surface area contributed by atoms with E-state index in [2.05, 4.69) is 10.5 Å². The molecule has 1 unspecified atom stereocenters. The van der Waals surface area contributed by atoms with Gasteiger partial charge in [-0.1, -0.05) is 25.4 Å². The number of aliphatic hydroxyl groups excluding tert-OH is 1. The fourth-order valence-electron chi connectivity index (χ4n) is 1.68. The van der Waals surface area contributed by atoms with Gasteiger partial charge >= 0.3 is 0 Å². The van der Waals surface area contributed by atoms with Crippen molar-refractivity contribution in [3.63, 3.8) is 0 Å². The molecule has 1 aromatic rings. The Morgan fingerprint density at radius 3 is 2.82 bits per heavy atom. The third-order valence-corrected chi connectivity index (χ3v) is 2.62. The summed E-state index contributed by atoms with van der Waals surface area (Å²) in [6.07, 6.45) is 1.74. The Morgan fingerprint density at radius 1 is 1.53 bits per heavy atom. The smallest absolute Gasteiger partial charge is 0.256 e. The topological polar surface area (TPSA) is 75.4 Å². The molecule has 0 aromatic carbocycles. The molecule has 0 spiro atoms. The van der Waals surface area contributed by atoms with Crippen molar-refractivity contribution in [3.05, 3.63) is 17.0 Å². The Bertz CT molecular complexity index is 374. The standard InChI is InChI=1S/C12H20N2O3/c1-4-6-9(15)7-13-12(16)11-8(3)17-14-10(11)5-2/h9,15H,4-7H2,1-3H3,(H,13,16). The fourth-order valence-corrected chi connectivity index (χ4v) is 1.68. The predicted octanol–water partition coefficient (Wildman–Crippen LogP) is 1.44. The van der Waals surface area contributed by atoms with Gasteiger partial charge in [-0.15, -0.1) is 0 Å². The SMILES string of the molecule is CCCC(O)CNC(=O)c1c(CC)noc1C. The van der Waals surface area contributed by atoms with Crippen LogP contribution in [0.5, 0.6) is 0 Å². The van der Waals surface area contributed by atoms with Crippen molar-refractivity contribution in [2.75, 3.05) is 6.54 Å². The Morgan fingerprint density at radius 2 is 2.24 bits per heavy atom. The fraction of sp³-hybridized carbons (Fsp3) is 0.667. The monoisotopic (exact) mass is 240 g/mol. The highest BCUT2D eigenvalue weighted by atomic mass is 16.5. The number of aryl methyl sites for hydroxylation is 2. The number of aromatic nitrogens is 1. The van der Waals surface area contributed by atoms with Crippen molar-refractivity contribution < 1.29 is 14.4 Å². The van der Waals surface area contributed by atoms with E-state index < -0.39 is 6.10 Å². The second-order valence-electron chi connectivity index (χ2n) is 4.07. The molecule has 0 fully saturated rings. The third-order valence-electron chi connectivity index (χ3n) is 2.62. The molecule has 1 amide bonds. The summed E-state index contributed by atoms with van der Waals surface area (Å²) in [6, 6.07) is 0. The van der Waals surface area contributed by atoms with E-state index in [4.69, 9.17) is 4.52 Å². The van der Waals surface area contributed by atoms with Crippen LogP contribution >= 0.6 is 0 Å². The summed E-state index contributed by atoms with van der Waals surface area (Å²) >= 11 is 0. The van der Waals surface area contributed by atoms with Crippen LogP contribution in [0.4, 0.5) is 0 Å². The minimum absolute atomic E-state index is 0.226. The van der Waals surface area contributed by atoms with Gasteiger partial charge in [0.1, 0.15) is 11.3 Å². The molecule has 0 saturated heterocycles. The van der Waals surface area contributed by atoms with Crippen LogP contribution in [0.25, 0.3) is 0 Å².